The molecule has 0 aliphatic carbocycles. The largest absolute Gasteiger partial charge is 0.302 e. The van der Waals surface area contributed by atoms with Crippen molar-refractivity contribution < 1.29 is 13.2 Å². The van der Waals surface area contributed by atoms with Gasteiger partial charge in [0, 0.05) is 17.7 Å². The molecular formula is C17H15ClN2O3S2. The summed E-state index contributed by atoms with van der Waals surface area (Å²) in [7, 11) is -3.27. The van der Waals surface area contributed by atoms with Crippen molar-refractivity contribution >= 4 is 54.0 Å². The van der Waals surface area contributed by atoms with E-state index in [0.29, 0.717) is 26.8 Å². The SMILES string of the molecule is CS(=O)(=O)c1ccc2nc(NC(=O)CCc3ccccc3Cl)sc2c1. The molecular weight excluding hydrogens is 380 g/mol. The van der Waals surface area contributed by atoms with Crippen LogP contribution >= 0.6 is 22.9 Å². The number of benzene rings is 2. The first-order chi connectivity index (χ1) is 11.8. The summed E-state index contributed by atoms with van der Waals surface area (Å²) in [5.74, 6) is -0.165. The normalized spacial score (nSPS) is 11.6. The number of aryl methyl sites for hydroxylation is 1. The predicted octanol–water partition coefficient (Wildman–Crippen LogP) is 3.92. The van der Waals surface area contributed by atoms with Gasteiger partial charge in [0.25, 0.3) is 0 Å². The second-order valence-corrected chi connectivity index (χ2v) is 9.01. The Balaban J connectivity index is 1.70. The molecule has 5 nitrogen and oxygen atoms in total. The molecule has 0 saturated heterocycles. The van der Waals surface area contributed by atoms with Gasteiger partial charge < -0.3 is 5.32 Å². The van der Waals surface area contributed by atoms with Gasteiger partial charge in [0.15, 0.2) is 15.0 Å². The summed E-state index contributed by atoms with van der Waals surface area (Å²) in [5.41, 5.74) is 1.57. The van der Waals surface area contributed by atoms with Crippen LogP contribution in [0, 0.1) is 0 Å². The second-order valence-electron chi connectivity index (χ2n) is 5.56. The van der Waals surface area contributed by atoms with Gasteiger partial charge in [-0.2, -0.15) is 0 Å². The van der Waals surface area contributed by atoms with Crippen LogP contribution in [0.4, 0.5) is 5.13 Å². The number of nitrogens with one attached hydrogen (secondary N) is 1. The Hall–Kier alpha value is -1.96. The molecule has 2 aromatic carbocycles. The molecule has 0 saturated carbocycles. The Morgan fingerprint density at radius 3 is 2.72 bits per heavy atom. The topological polar surface area (TPSA) is 76.1 Å². The summed E-state index contributed by atoms with van der Waals surface area (Å²) in [4.78, 5) is 16.7. The maximum atomic E-state index is 12.1. The highest BCUT2D eigenvalue weighted by molar-refractivity contribution is 7.90. The highest BCUT2D eigenvalue weighted by Gasteiger charge is 2.12. The number of carbonyl (C=O) groups is 1. The monoisotopic (exact) mass is 394 g/mol. The van der Waals surface area contributed by atoms with Gasteiger partial charge in [-0.15, -0.1) is 0 Å². The molecule has 1 amide bonds. The van der Waals surface area contributed by atoms with Gasteiger partial charge in [-0.05, 0) is 36.2 Å². The van der Waals surface area contributed by atoms with E-state index in [1.807, 2.05) is 18.2 Å². The molecule has 0 fully saturated rings. The van der Waals surface area contributed by atoms with Crippen molar-refractivity contribution in [2.75, 3.05) is 11.6 Å². The van der Waals surface area contributed by atoms with Gasteiger partial charge in [-0.3, -0.25) is 4.79 Å². The van der Waals surface area contributed by atoms with Gasteiger partial charge >= 0.3 is 0 Å². The molecule has 1 aromatic heterocycles. The van der Waals surface area contributed by atoms with Crippen LogP contribution in [0.25, 0.3) is 10.2 Å². The lowest BCUT2D eigenvalue weighted by Gasteiger charge is -2.03. The van der Waals surface area contributed by atoms with Crippen LogP contribution in [0.1, 0.15) is 12.0 Å². The summed E-state index contributed by atoms with van der Waals surface area (Å²) in [6, 6.07) is 12.1. The number of carbonyl (C=O) groups excluding carboxylic acids is 1. The van der Waals surface area contributed by atoms with E-state index >= 15 is 0 Å². The molecule has 0 aliphatic rings. The Kier molecular flexibility index (Phi) is 5.08. The Labute approximate surface area is 154 Å². The molecule has 1 N–H and O–H groups in total. The van der Waals surface area contributed by atoms with E-state index < -0.39 is 9.84 Å². The minimum absolute atomic E-state index is 0.165. The number of amides is 1. The van der Waals surface area contributed by atoms with Crippen molar-refractivity contribution in [3.05, 3.63) is 53.1 Å². The highest BCUT2D eigenvalue weighted by Crippen LogP contribution is 2.28. The number of nitrogens with zero attached hydrogens (tertiary/aromatic N) is 1. The van der Waals surface area contributed by atoms with Gasteiger partial charge in [0.1, 0.15) is 0 Å². The zero-order valence-corrected chi connectivity index (χ0v) is 15.7. The predicted molar refractivity (Wildman–Crippen MR) is 101 cm³/mol. The lowest BCUT2D eigenvalue weighted by Crippen LogP contribution is -2.12. The Morgan fingerprint density at radius 2 is 2.00 bits per heavy atom. The molecule has 130 valence electrons. The second kappa shape index (κ2) is 7.11. The van der Waals surface area contributed by atoms with Gasteiger partial charge in [-0.1, -0.05) is 41.1 Å². The Morgan fingerprint density at radius 1 is 1.24 bits per heavy atom. The molecule has 0 spiro atoms. The number of rotatable bonds is 5. The first kappa shape index (κ1) is 17.8. The van der Waals surface area contributed by atoms with E-state index in [4.69, 9.17) is 11.6 Å². The minimum Gasteiger partial charge on any atom is -0.302 e. The van der Waals surface area contributed by atoms with E-state index in [-0.39, 0.29) is 17.2 Å². The number of hydrogen-bond acceptors (Lipinski definition) is 5. The molecule has 0 atom stereocenters. The lowest BCUT2D eigenvalue weighted by atomic mass is 10.1. The molecule has 8 heteroatoms. The van der Waals surface area contributed by atoms with Crippen molar-refractivity contribution in [3.63, 3.8) is 0 Å². The standard InChI is InChI=1S/C17H15ClN2O3S2/c1-25(22,23)12-7-8-14-15(10-12)24-17(19-14)20-16(21)9-6-11-4-2-3-5-13(11)18/h2-5,7-8,10H,6,9H2,1H3,(H,19,20,21). The number of sulfone groups is 1. The van der Waals surface area contributed by atoms with Crippen LogP contribution in [0.15, 0.2) is 47.4 Å². The first-order valence-corrected chi connectivity index (χ1v) is 10.6. The van der Waals surface area contributed by atoms with E-state index in [1.54, 1.807) is 18.2 Å². The lowest BCUT2D eigenvalue weighted by molar-refractivity contribution is -0.116. The number of aromatic nitrogens is 1. The number of anilines is 1. The molecule has 0 bridgehead atoms. The van der Waals surface area contributed by atoms with Gasteiger partial charge in [-0.25, -0.2) is 13.4 Å². The van der Waals surface area contributed by atoms with Crippen molar-refractivity contribution in [2.45, 2.75) is 17.7 Å². The van der Waals surface area contributed by atoms with Crippen LogP contribution in [0.2, 0.25) is 5.02 Å². The van der Waals surface area contributed by atoms with Crippen LogP contribution < -0.4 is 5.32 Å². The highest BCUT2D eigenvalue weighted by atomic mass is 35.5. The van der Waals surface area contributed by atoms with Gasteiger partial charge in [0.2, 0.25) is 5.91 Å². The molecule has 0 unspecified atom stereocenters. The third-order valence-electron chi connectivity index (χ3n) is 3.61. The summed E-state index contributed by atoms with van der Waals surface area (Å²) in [6.45, 7) is 0. The smallest absolute Gasteiger partial charge is 0.226 e. The van der Waals surface area contributed by atoms with Crippen LogP contribution in [-0.2, 0) is 21.1 Å². The van der Waals surface area contributed by atoms with Crippen molar-refractivity contribution in [1.82, 2.24) is 4.98 Å². The zero-order valence-electron chi connectivity index (χ0n) is 13.3. The first-order valence-electron chi connectivity index (χ1n) is 7.47. The Bertz CT molecular complexity index is 1040. The fourth-order valence-electron chi connectivity index (χ4n) is 2.32. The molecule has 0 radical (unpaired) electrons. The van der Waals surface area contributed by atoms with Crippen LogP contribution in [0.3, 0.4) is 0 Å². The third-order valence-corrected chi connectivity index (χ3v) is 6.03. The fraction of sp³-hybridized carbons (Fsp3) is 0.176. The average molecular weight is 395 g/mol. The number of thiazole rings is 1. The van der Waals surface area contributed by atoms with Crippen LogP contribution in [-0.4, -0.2) is 25.6 Å². The summed E-state index contributed by atoms with van der Waals surface area (Å²) < 4.78 is 23.9. The van der Waals surface area contributed by atoms with E-state index in [0.717, 1.165) is 11.8 Å². The number of fused-ring (bicyclic) bond motifs is 1. The van der Waals surface area contributed by atoms with E-state index in [2.05, 4.69) is 10.3 Å². The fourth-order valence-corrected chi connectivity index (χ4v) is 4.19. The molecule has 1 heterocycles. The zero-order chi connectivity index (χ0) is 18.0. The van der Waals surface area contributed by atoms with E-state index in [9.17, 15) is 13.2 Å². The maximum absolute atomic E-state index is 12.1. The molecule has 3 rings (SSSR count). The molecule has 3 aromatic rings. The van der Waals surface area contributed by atoms with Crippen molar-refractivity contribution in [1.29, 1.82) is 0 Å². The van der Waals surface area contributed by atoms with Crippen LogP contribution in [0.5, 0.6) is 0 Å². The summed E-state index contributed by atoms with van der Waals surface area (Å²) in [5, 5.41) is 3.85. The average Bonchev–Trinajstić information content (AvgIpc) is 2.94. The van der Waals surface area contributed by atoms with Crippen molar-refractivity contribution in [3.8, 4) is 0 Å². The molecule has 0 aliphatic heterocycles. The quantitative estimate of drug-likeness (QED) is 0.711. The number of halogens is 1. The minimum atomic E-state index is -3.27. The summed E-state index contributed by atoms with van der Waals surface area (Å²) in [6.07, 6.45) is 1.98. The third kappa shape index (κ3) is 4.36. The molecule has 25 heavy (non-hydrogen) atoms. The number of hydrogen-bond donors (Lipinski definition) is 1. The van der Waals surface area contributed by atoms with Gasteiger partial charge in [0.05, 0.1) is 15.1 Å². The summed E-state index contributed by atoms with van der Waals surface area (Å²) >= 11 is 7.33. The van der Waals surface area contributed by atoms with E-state index in [1.165, 1.54) is 17.4 Å². The van der Waals surface area contributed by atoms with Crippen molar-refractivity contribution in [2.24, 2.45) is 0 Å². The maximum Gasteiger partial charge on any atom is 0.226 e.